The van der Waals surface area contributed by atoms with Crippen molar-refractivity contribution in [1.82, 2.24) is 15.1 Å². The van der Waals surface area contributed by atoms with Gasteiger partial charge in [0, 0.05) is 19.1 Å². The third kappa shape index (κ3) is 3.87. The minimum Gasteiger partial charge on any atom is -0.341 e. The first-order valence-electron chi connectivity index (χ1n) is 8.46. The summed E-state index contributed by atoms with van der Waals surface area (Å²) in [6.07, 6.45) is 2.09. The molecule has 0 saturated carbocycles. The van der Waals surface area contributed by atoms with E-state index in [1.807, 2.05) is 30.1 Å². The van der Waals surface area contributed by atoms with Crippen molar-refractivity contribution in [2.75, 3.05) is 33.2 Å². The van der Waals surface area contributed by atoms with Gasteiger partial charge in [-0.2, -0.15) is 0 Å². The van der Waals surface area contributed by atoms with E-state index in [9.17, 15) is 4.79 Å². The second-order valence-corrected chi connectivity index (χ2v) is 5.92. The first-order valence-corrected chi connectivity index (χ1v) is 8.46. The average Bonchev–Trinajstić information content (AvgIpc) is 2.60. The van der Waals surface area contributed by atoms with E-state index < -0.39 is 0 Å². The van der Waals surface area contributed by atoms with Gasteiger partial charge in [-0.05, 0) is 38.5 Å². The number of hydrogen-bond acceptors (Lipinski definition) is 3. The highest BCUT2D eigenvalue weighted by atomic mass is 16.2. The Bertz CT molecular complexity index is 451. The molecule has 1 aromatic rings. The Morgan fingerprint density at radius 1 is 1.23 bits per heavy atom. The van der Waals surface area contributed by atoms with E-state index in [-0.39, 0.29) is 11.9 Å². The topological polar surface area (TPSA) is 35.6 Å². The largest absolute Gasteiger partial charge is 0.341 e. The molecule has 1 aliphatic heterocycles. The van der Waals surface area contributed by atoms with Crippen LogP contribution in [0, 0.1) is 0 Å². The van der Waals surface area contributed by atoms with Crippen LogP contribution in [0.3, 0.4) is 0 Å². The van der Waals surface area contributed by atoms with E-state index in [0.29, 0.717) is 6.04 Å². The van der Waals surface area contributed by atoms with Crippen LogP contribution in [0.4, 0.5) is 0 Å². The van der Waals surface area contributed by atoms with Crippen LogP contribution in [0.15, 0.2) is 30.3 Å². The number of likely N-dealkylation sites (N-methyl/N-ethyl adjacent to an activating group) is 1. The molecule has 1 amide bonds. The molecule has 0 aromatic heterocycles. The summed E-state index contributed by atoms with van der Waals surface area (Å²) in [5, 5.41) is 3.32. The number of piperidine rings is 1. The summed E-state index contributed by atoms with van der Waals surface area (Å²) >= 11 is 0. The van der Waals surface area contributed by atoms with Crippen molar-refractivity contribution in [2.24, 2.45) is 0 Å². The highest BCUT2D eigenvalue weighted by molar-refractivity contribution is 5.83. The van der Waals surface area contributed by atoms with Gasteiger partial charge >= 0.3 is 0 Å². The molecule has 22 heavy (non-hydrogen) atoms. The standard InChI is InChI=1S/C18H29N3O/c1-4-20(5-2)17(15-9-7-6-8-10-15)18(22)21-13-11-16(19-3)12-14-21/h6-10,16-17,19H,4-5,11-14H2,1-3H3. The number of benzene rings is 1. The first-order chi connectivity index (χ1) is 10.7. The van der Waals surface area contributed by atoms with Crippen molar-refractivity contribution in [1.29, 1.82) is 0 Å². The fourth-order valence-electron chi connectivity index (χ4n) is 3.30. The number of rotatable bonds is 6. The van der Waals surface area contributed by atoms with Gasteiger partial charge in [-0.25, -0.2) is 0 Å². The van der Waals surface area contributed by atoms with Crippen LogP contribution in [0.5, 0.6) is 0 Å². The van der Waals surface area contributed by atoms with Gasteiger partial charge in [0.05, 0.1) is 0 Å². The third-order valence-corrected chi connectivity index (χ3v) is 4.74. The normalized spacial score (nSPS) is 17.7. The monoisotopic (exact) mass is 303 g/mol. The Morgan fingerprint density at radius 2 is 1.82 bits per heavy atom. The minimum atomic E-state index is -0.151. The van der Waals surface area contributed by atoms with Crippen LogP contribution in [-0.4, -0.2) is 55.0 Å². The molecular formula is C18H29N3O. The molecule has 1 unspecified atom stereocenters. The molecule has 0 radical (unpaired) electrons. The van der Waals surface area contributed by atoms with Gasteiger partial charge in [-0.1, -0.05) is 44.2 Å². The lowest BCUT2D eigenvalue weighted by Gasteiger charge is -2.37. The lowest BCUT2D eigenvalue weighted by atomic mass is 10.00. The van der Waals surface area contributed by atoms with Crippen molar-refractivity contribution in [2.45, 2.75) is 38.8 Å². The minimum absolute atomic E-state index is 0.151. The van der Waals surface area contributed by atoms with Crippen LogP contribution >= 0.6 is 0 Å². The molecule has 4 heteroatoms. The highest BCUT2D eigenvalue weighted by Crippen LogP contribution is 2.24. The molecule has 1 atom stereocenters. The molecule has 0 aliphatic carbocycles. The average molecular weight is 303 g/mol. The van der Waals surface area contributed by atoms with Gasteiger partial charge in [0.2, 0.25) is 5.91 Å². The van der Waals surface area contributed by atoms with E-state index in [4.69, 9.17) is 0 Å². The molecule has 1 aliphatic rings. The molecule has 1 fully saturated rings. The zero-order chi connectivity index (χ0) is 15.9. The van der Waals surface area contributed by atoms with Crippen molar-refractivity contribution in [3.63, 3.8) is 0 Å². The fraction of sp³-hybridized carbons (Fsp3) is 0.611. The number of nitrogens with one attached hydrogen (secondary N) is 1. The number of hydrogen-bond donors (Lipinski definition) is 1. The van der Waals surface area contributed by atoms with Crippen molar-refractivity contribution < 1.29 is 4.79 Å². The Labute approximate surface area is 134 Å². The summed E-state index contributed by atoms with van der Waals surface area (Å²) in [5.41, 5.74) is 1.10. The number of carbonyl (C=O) groups is 1. The summed E-state index contributed by atoms with van der Waals surface area (Å²) in [7, 11) is 2.00. The van der Waals surface area contributed by atoms with Gasteiger partial charge in [0.15, 0.2) is 0 Å². The van der Waals surface area contributed by atoms with E-state index >= 15 is 0 Å². The second-order valence-electron chi connectivity index (χ2n) is 5.92. The van der Waals surface area contributed by atoms with E-state index in [2.05, 4.69) is 36.2 Å². The molecule has 0 bridgehead atoms. The number of amides is 1. The molecule has 0 spiro atoms. The summed E-state index contributed by atoms with van der Waals surface area (Å²) in [4.78, 5) is 17.4. The van der Waals surface area contributed by atoms with Crippen LogP contribution in [0.1, 0.15) is 38.3 Å². The zero-order valence-electron chi connectivity index (χ0n) is 14.1. The molecule has 1 heterocycles. The number of nitrogens with zero attached hydrogens (tertiary/aromatic N) is 2. The lowest BCUT2D eigenvalue weighted by Crippen LogP contribution is -2.48. The molecule has 2 rings (SSSR count). The highest BCUT2D eigenvalue weighted by Gasteiger charge is 2.31. The summed E-state index contributed by atoms with van der Waals surface area (Å²) in [6, 6.07) is 10.6. The second kappa shape index (κ2) is 8.30. The smallest absolute Gasteiger partial charge is 0.244 e. The van der Waals surface area contributed by atoms with Gasteiger partial charge in [-0.15, -0.1) is 0 Å². The fourth-order valence-corrected chi connectivity index (χ4v) is 3.30. The van der Waals surface area contributed by atoms with Gasteiger partial charge in [0.25, 0.3) is 0 Å². The maximum Gasteiger partial charge on any atom is 0.244 e. The van der Waals surface area contributed by atoms with Crippen molar-refractivity contribution >= 4 is 5.91 Å². The Morgan fingerprint density at radius 3 is 2.32 bits per heavy atom. The quantitative estimate of drug-likeness (QED) is 0.876. The van der Waals surface area contributed by atoms with Gasteiger partial charge < -0.3 is 10.2 Å². The molecule has 1 aromatic carbocycles. The summed E-state index contributed by atoms with van der Waals surface area (Å²) in [6.45, 7) is 7.73. The summed E-state index contributed by atoms with van der Waals surface area (Å²) < 4.78 is 0. The zero-order valence-corrected chi connectivity index (χ0v) is 14.1. The molecule has 1 N–H and O–H groups in total. The third-order valence-electron chi connectivity index (χ3n) is 4.74. The predicted molar refractivity (Wildman–Crippen MR) is 90.8 cm³/mol. The van der Waals surface area contributed by atoms with Crippen LogP contribution < -0.4 is 5.32 Å². The summed E-state index contributed by atoms with van der Waals surface area (Å²) in [5.74, 6) is 0.254. The van der Waals surface area contributed by atoms with E-state index in [1.165, 1.54) is 0 Å². The van der Waals surface area contributed by atoms with E-state index in [0.717, 1.165) is 44.6 Å². The van der Waals surface area contributed by atoms with Gasteiger partial charge in [-0.3, -0.25) is 9.69 Å². The van der Waals surface area contributed by atoms with E-state index in [1.54, 1.807) is 0 Å². The lowest BCUT2D eigenvalue weighted by molar-refractivity contribution is -0.138. The molecular weight excluding hydrogens is 274 g/mol. The molecule has 4 nitrogen and oxygen atoms in total. The molecule has 1 saturated heterocycles. The molecule has 122 valence electrons. The van der Waals surface area contributed by atoms with Gasteiger partial charge in [0.1, 0.15) is 6.04 Å². The maximum atomic E-state index is 13.1. The van der Waals surface area contributed by atoms with Crippen LogP contribution in [-0.2, 0) is 4.79 Å². The maximum absolute atomic E-state index is 13.1. The predicted octanol–water partition coefficient (Wildman–Crippen LogP) is 2.28. The number of likely N-dealkylation sites (tertiary alicyclic amines) is 1. The Kier molecular flexibility index (Phi) is 6.40. The van der Waals surface area contributed by atoms with Crippen LogP contribution in [0.2, 0.25) is 0 Å². The number of carbonyl (C=O) groups excluding carboxylic acids is 1. The SMILES string of the molecule is CCN(CC)C(C(=O)N1CCC(NC)CC1)c1ccccc1. The van der Waals surface area contributed by atoms with Crippen LogP contribution in [0.25, 0.3) is 0 Å². The first kappa shape index (κ1) is 17.0. The Hall–Kier alpha value is -1.39. The van der Waals surface area contributed by atoms with Crippen molar-refractivity contribution in [3.05, 3.63) is 35.9 Å². The Balaban J connectivity index is 2.16. The van der Waals surface area contributed by atoms with Crippen molar-refractivity contribution in [3.8, 4) is 0 Å².